The Morgan fingerprint density at radius 1 is 1.06 bits per heavy atom. The number of halogens is 1. The second kappa shape index (κ2) is 10.9. The van der Waals surface area contributed by atoms with Gasteiger partial charge in [-0.1, -0.05) is 31.4 Å². The fourth-order valence-corrected chi connectivity index (χ4v) is 5.05. The zero-order valence-electron chi connectivity index (χ0n) is 18.8. The second-order valence-corrected chi connectivity index (χ2v) is 9.80. The van der Waals surface area contributed by atoms with Gasteiger partial charge in [0.1, 0.15) is 12.4 Å². The van der Waals surface area contributed by atoms with Gasteiger partial charge >= 0.3 is 0 Å². The van der Waals surface area contributed by atoms with Crippen molar-refractivity contribution >= 4 is 23.2 Å². The van der Waals surface area contributed by atoms with Gasteiger partial charge in [-0.15, -0.1) is 11.3 Å². The molecule has 0 bridgehead atoms. The molecule has 0 radical (unpaired) electrons. The Bertz CT molecular complexity index is 872. The molecule has 0 atom stereocenters. The summed E-state index contributed by atoms with van der Waals surface area (Å²) in [5, 5.41) is 2.03. The third kappa shape index (κ3) is 6.39. The number of hydrogen-bond acceptors (Lipinski definition) is 3. The number of hydrogen-bond donors (Lipinski definition) is 0. The molecule has 168 valence electrons. The minimum absolute atomic E-state index is 0.0329. The quantitative estimate of drug-likeness (QED) is 0.536. The Kier molecular flexibility index (Phi) is 8.24. The highest BCUT2D eigenvalue weighted by Gasteiger charge is 2.30. The van der Waals surface area contributed by atoms with E-state index >= 15 is 0 Å². The van der Waals surface area contributed by atoms with Crippen LogP contribution in [0.3, 0.4) is 0 Å². The van der Waals surface area contributed by atoms with Crippen LogP contribution in [0.15, 0.2) is 35.7 Å². The number of nitrogens with zero attached hydrogens (tertiary/aromatic N) is 2. The lowest BCUT2D eigenvalue weighted by atomic mass is 9.88. The van der Waals surface area contributed by atoms with E-state index in [1.165, 1.54) is 18.6 Å². The van der Waals surface area contributed by atoms with Gasteiger partial charge in [-0.05, 0) is 68.3 Å². The molecule has 1 aromatic carbocycles. The first-order valence-corrected chi connectivity index (χ1v) is 12.1. The Labute approximate surface area is 189 Å². The zero-order chi connectivity index (χ0) is 22.4. The summed E-state index contributed by atoms with van der Waals surface area (Å²) in [4.78, 5) is 31.3. The van der Waals surface area contributed by atoms with Crippen LogP contribution >= 0.6 is 11.3 Å². The first-order valence-electron chi connectivity index (χ1n) is 11.2. The summed E-state index contributed by atoms with van der Waals surface area (Å²) < 4.78 is 13.3. The molecular formula is C25H33FN2O2S. The fourth-order valence-electron chi connectivity index (χ4n) is 4.13. The first-order chi connectivity index (χ1) is 14.8. The summed E-state index contributed by atoms with van der Waals surface area (Å²) in [6.45, 7) is 6.95. The van der Waals surface area contributed by atoms with E-state index in [4.69, 9.17) is 0 Å². The highest BCUT2D eigenvalue weighted by molar-refractivity contribution is 7.10. The molecule has 3 rings (SSSR count). The van der Waals surface area contributed by atoms with Crippen molar-refractivity contribution in [3.8, 4) is 0 Å². The fraction of sp³-hybridized carbons (Fsp3) is 0.520. The molecule has 0 unspecified atom stereocenters. The molecule has 31 heavy (non-hydrogen) atoms. The molecule has 1 aliphatic rings. The van der Waals surface area contributed by atoms with Crippen molar-refractivity contribution in [1.29, 1.82) is 0 Å². The third-order valence-electron chi connectivity index (χ3n) is 6.11. The molecule has 0 spiro atoms. The maximum atomic E-state index is 13.4. The van der Waals surface area contributed by atoms with Gasteiger partial charge < -0.3 is 9.80 Å². The summed E-state index contributed by atoms with van der Waals surface area (Å²) in [7, 11) is 0. The average molecular weight is 445 g/mol. The van der Waals surface area contributed by atoms with Crippen LogP contribution in [0.4, 0.5) is 4.39 Å². The van der Waals surface area contributed by atoms with Gasteiger partial charge in [0.2, 0.25) is 11.8 Å². The van der Waals surface area contributed by atoms with E-state index < -0.39 is 0 Å². The molecule has 0 aliphatic heterocycles. The van der Waals surface area contributed by atoms with Crippen molar-refractivity contribution in [1.82, 2.24) is 9.80 Å². The molecule has 1 saturated carbocycles. The minimum atomic E-state index is -0.292. The van der Waals surface area contributed by atoms with Gasteiger partial charge in [0.05, 0.1) is 6.54 Å². The van der Waals surface area contributed by atoms with Gasteiger partial charge in [-0.3, -0.25) is 9.59 Å². The highest BCUT2D eigenvalue weighted by atomic mass is 32.1. The normalized spacial score (nSPS) is 14.6. The van der Waals surface area contributed by atoms with Crippen LogP contribution in [-0.4, -0.2) is 34.2 Å². The first kappa shape index (κ1) is 23.5. The van der Waals surface area contributed by atoms with Crippen molar-refractivity contribution < 1.29 is 14.0 Å². The molecule has 4 nitrogen and oxygen atoms in total. The number of amides is 2. The minimum Gasteiger partial charge on any atom is -0.332 e. The summed E-state index contributed by atoms with van der Waals surface area (Å²) in [5.74, 6) is -0.221. The Morgan fingerprint density at radius 2 is 1.74 bits per heavy atom. The Hall–Kier alpha value is -2.21. The van der Waals surface area contributed by atoms with Crippen LogP contribution < -0.4 is 0 Å². The molecule has 2 aromatic rings. The van der Waals surface area contributed by atoms with Crippen LogP contribution in [0.2, 0.25) is 0 Å². The van der Waals surface area contributed by atoms with Crippen LogP contribution in [0, 0.1) is 18.7 Å². The Morgan fingerprint density at radius 3 is 2.32 bits per heavy atom. The zero-order valence-corrected chi connectivity index (χ0v) is 19.6. The second-order valence-electron chi connectivity index (χ2n) is 8.80. The van der Waals surface area contributed by atoms with E-state index in [-0.39, 0.29) is 36.1 Å². The smallest absolute Gasteiger partial charge is 0.242 e. The maximum Gasteiger partial charge on any atom is 0.242 e. The summed E-state index contributed by atoms with van der Waals surface area (Å²) in [6, 6.07) is 8.28. The number of benzene rings is 1. The largest absolute Gasteiger partial charge is 0.332 e. The molecule has 1 aliphatic carbocycles. The Balaban J connectivity index is 1.77. The van der Waals surface area contributed by atoms with Gasteiger partial charge in [0, 0.05) is 23.4 Å². The number of carbonyl (C=O) groups excluding carboxylic acids is 2. The topological polar surface area (TPSA) is 40.6 Å². The number of thiophene rings is 1. The number of carbonyl (C=O) groups is 2. The molecule has 0 N–H and O–H groups in total. The molecule has 0 saturated heterocycles. The lowest BCUT2D eigenvalue weighted by molar-refractivity contribution is -0.145. The number of rotatable bonds is 8. The van der Waals surface area contributed by atoms with E-state index in [0.717, 1.165) is 41.7 Å². The average Bonchev–Trinajstić information content (AvgIpc) is 3.17. The predicted octanol–water partition coefficient (Wildman–Crippen LogP) is 5.54. The molecule has 2 amide bonds. The van der Waals surface area contributed by atoms with Crippen molar-refractivity contribution in [2.24, 2.45) is 5.92 Å². The van der Waals surface area contributed by atoms with Crippen molar-refractivity contribution in [3.63, 3.8) is 0 Å². The van der Waals surface area contributed by atoms with Gasteiger partial charge in [-0.25, -0.2) is 4.39 Å². The molecule has 1 fully saturated rings. The van der Waals surface area contributed by atoms with Gasteiger partial charge in [-0.2, -0.15) is 0 Å². The summed E-state index contributed by atoms with van der Waals surface area (Å²) >= 11 is 1.63. The van der Waals surface area contributed by atoms with E-state index in [0.29, 0.717) is 13.1 Å². The van der Waals surface area contributed by atoms with Crippen molar-refractivity contribution in [2.45, 2.75) is 72.0 Å². The van der Waals surface area contributed by atoms with Crippen molar-refractivity contribution in [2.75, 3.05) is 6.54 Å². The molecule has 1 aromatic heterocycles. The van der Waals surface area contributed by atoms with Gasteiger partial charge in [0.15, 0.2) is 0 Å². The van der Waals surface area contributed by atoms with Crippen LogP contribution in [0.1, 0.15) is 62.0 Å². The van der Waals surface area contributed by atoms with Crippen LogP contribution in [0.25, 0.3) is 0 Å². The molecular weight excluding hydrogens is 411 g/mol. The van der Waals surface area contributed by atoms with E-state index in [1.54, 1.807) is 33.3 Å². The predicted molar refractivity (Wildman–Crippen MR) is 123 cm³/mol. The lowest BCUT2D eigenvalue weighted by Gasteiger charge is -2.33. The van der Waals surface area contributed by atoms with Gasteiger partial charge in [0.25, 0.3) is 0 Å². The van der Waals surface area contributed by atoms with Crippen molar-refractivity contribution in [3.05, 3.63) is 57.5 Å². The van der Waals surface area contributed by atoms with E-state index in [9.17, 15) is 14.0 Å². The van der Waals surface area contributed by atoms with Crippen LogP contribution in [0.5, 0.6) is 0 Å². The summed E-state index contributed by atoms with van der Waals surface area (Å²) in [5.41, 5.74) is 2.03. The van der Waals surface area contributed by atoms with E-state index in [2.05, 4.69) is 0 Å². The molecule has 6 heteroatoms. The number of aryl methyl sites for hydroxylation is 1. The van der Waals surface area contributed by atoms with E-state index in [1.807, 2.05) is 32.2 Å². The third-order valence-corrected chi connectivity index (χ3v) is 7.12. The monoisotopic (exact) mass is 444 g/mol. The lowest BCUT2D eigenvalue weighted by Crippen LogP contribution is -2.47. The summed E-state index contributed by atoms with van der Waals surface area (Å²) in [6.07, 6.45) is 5.21. The highest BCUT2D eigenvalue weighted by Crippen LogP contribution is 2.26. The maximum absolute atomic E-state index is 13.4. The standard InChI is InChI=1S/C25H33FN2O2S/c1-18(2)28(25(30)21-7-5-4-6-8-21)17-24(29)27(16-23-19(3)13-14-31-23)15-20-9-11-22(26)12-10-20/h9-14,18,21H,4-8,15-17H2,1-3H3. The van der Waals surface area contributed by atoms with Crippen LogP contribution in [-0.2, 0) is 22.7 Å². The SMILES string of the molecule is Cc1ccsc1CN(Cc1ccc(F)cc1)C(=O)CN(C(=O)C1CCCCC1)C(C)C. The molecule has 1 heterocycles.